The fraction of sp³-hybridized carbons (Fsp3) is 0.367. The minimum atomic E-state index is -1.44. The van der Waals surface area contributed by atoms with Crippen molar-refractivity contribution in [1.29, 1.82) is 0 Å². The van der Waals surface area contributed by atoms with E-state index >= 15 is 0 Å². The predicted molar refractivity (Wildman–Crippen MR) is 163 cm³/mol. The van der Waals surface area contributed by atoms with E-state index in [0.717, 1.165) is 11.8 Å². The van der Waals surface area contributed by atoms with E-state index in [9.17, 15) is 24.0 Å². The van der Waals surface area contributed by atoms with Crippen LogP contribution in [0.1, 0.15) is 6.92 Å². The van der Waals surface area contributed by atoms with Crippen molar-refractivity contribution in [2.24, 2.45) is 5.92 Å². The third-order valence-corrected chi connectivity index (χ3v) is 8.15. The molecule has 1 aromatic carbocycles. The second-order valence-electron chi connectivity index (χ2n) is 9.57. The molecule has 13 nitrogen and oxygen atoms in total. The zero-order valence-corrected chi connectivity index (χ0v) is 25.1. The number of esters is 1. The molecule has 0 radical (unpaired) electrons. The van der Waals surface area contributed by atoms with E-state index in [2.05, 4.69) is 31.6 Å². The maximum Gasteiger partial charge on any atom is 0.508 e. The molecule has 0 saturated carbocycles. The van der Waals surface area contributed by atoms with Crippen LogP contribution in [0.3, 0.4) is 0 Å². The third-order valence-electron chi connectivity index (χ3n) is 6.48. The summed E-state index contributed by atoms with van der Waals surface area (Å²) < 4.78 is 24.4. The van der Waals surface area contributed by atoms with Gasteiger partial charge < -0.3 is 28.6 Å². The van der Waals surface area contributed by atoms with Gasteiger partial charge in [-0.25, -0.2) is 14.4 Å². The Labute approximate surface area is 259 Å². The number of carbonyl (C=O) groups excluding carboxylic acids is 5. The third kappa shape index (κ3) is 8.01. The number of rotatable bonds is 15. The van der Waals surface area contributed by atoms with Gasteiger partial charge >= 0.3 is 24.3 Å². The van der Waals surface area contributed by atoms with Crippen LogP contribution in [0.2, 0.25) is 0 Å². The van der Waals surface area contributed by atoms with Crippen LogP contribution in [0.25, 0.3) is 0 Å². The number of fused-ring (bicyclic) bond motifs is 1. The quantitative estimate of drug-likeness (QED) is 0.128. The van der Waals surface area contributed by atoms with Crippen LogP contribution in [-0.4, -0.2) is 90.9 Å². The van der Waals surface area contributed by atoms with Crippen molar-refractivity contribution >= 4 is 53.4 Å². The van der Waals surface area contributed by atoms with Gasteiger partial charge in [-0.2, -0.15) is 0 Å². The highest BCUT2D eigenvalue weighted by molar-refractivity contribution is 8.02. The van der Waals surface area contributed by atoms with Gasteiger partial charge in [-0.05, 0) is 31.2 Å². The second kappa shape index (κ2) is 15.7. The molecule has 2 aliphatic heterocycles. The van der Waals surface area contributed by atoms with Gasteiger partial charge in [0.15, 0.2) is 4.75 Å². The molecule has 2 fully saturated rings. The smallest absolute Gasteiger partial charge is 0.460 e. The van der Waals surface area contributed by atoms with Gasteiger partial charge in [0.2, 0.25) is 5.91 Å². The summed E-state index contributed by atoms with van der Waals surface area (Å²) in [6, 6.07) is 6.18. The van der Waals surface area contributed by atoms with Crippen LogP contribution >= 0.6 is 11.8 Å². The van der Waals surface area contributed by atoms with Gasteiger partial charge in [0, 0.05) is 17.9 Å². The van der Waals surface area contributed by atoms with Gasteiger partial charge in [-0.3, -0.25) is 19.8 Å². The van der Waals surface area contributed by atoms with Crippen LogP contribution < -0.4 is 10.2 Å². The maximum absolute atomic E-state index is 13.6. The molecular formula is C30H35N3O10S. The summed E-state index contributed by atoms with van der Waals surface area (Å²) in [5, 5.41) is 2.00. The van der Waals surface area contributed by atoms with Gasteiger partial charge in [0.25, 0.3) is 0 Å². The summed E-state index contributed by atoms with van der Waals surface area (Å²) in [7, 11) is 0. The number of nitrogens with one attached hydrogen (secondary N) is 1. The predicted octanol–water partition coefficient (Wildman–Crippen LogP) is 4.28. The lowest BCUT2D eigenvalue weighted by Crippen LogP contribution is -2.61. The molecule has 1 unspecified atom stereocenters. The van der Waals surface area contributed by atoms with E-state index in [1.807, 2.05) is 0 Å². The molecule has 0 aromatic heterocycles. The molecule has 1 aromatic rings. The van der Waals surface area contributed by atoms with Crippen molar-refractivity contribution in [2.45, 2.75) is 23.1 Å². The maximum atomic E-state index is 13.6. The number of β-lactam (4-membered cyclic amide) rings is 1. The van der Waals surface area contributed by atoms with Gasteiger partial charge in [-0.1, -0.05) is 50.6 Å². The first kappa shape index (κ1) is 33.8. The second-order valence-corrected chi connectivity index (χ2v) is 11.1. The van der Waals surface area contributed by atoms with Gasteiger partial charge in [-0.15, -0.1) is 11.8 Å². The largest absolute Gasteiger partial charge is 0.508 e. The monoisotopic (exact) mass is 629 g/mol. The van der Waals surface area contributed by atoms with Crippen LogP contribution in [0.4, 0.5) is 25.8 Å². The van der Waals surface area contributed by atoms with Gasteiger partial charge in [0.05, 0.1) is 11.9 Å². The SMILES string of the molecule is C=CCOC(=O)Nc1ccc(N(CC2(C(=O)OCC=C)CN3C(=O)[C@H]([C@@H](C)OC(=O)OCC=C)[C@H]3S2)C(=O)OCC=C)cc1. The van der Waals surface area contributed by atoms with Crippen LogP contribution in [-0.2, 0) is 33.3 Å². The Morgan fingerprint density at radius 1 is 0.977 bits per heavy atom. The van der Waals surface area contributed by atoms with Crippen molar-refractivity contribution in [3.8, 4) is 0 Å². The average molecular weight is 630 g/mol. The number of carbonyl (C=O) groups is 5. The summed E-state index contributed by atoms with van der Waals surface area (Å²) in [6.07, 6.45) is 2.32. The fourth-order valence-electron chi connectivity index (χ4n) is 4.49. The Hall–Kier alpha value is -4.72. The molecule has 2 aliphatic rings. The Kier molecular flexibility index (Phi) is 12.0. The van der Waals surface area contributed by atoms with Crippen molar-refractivity contribution in [3.63, 3.8) is 0 Å². The van der Waals surface area contributed by atoms with Crippen LogP contribution in [0, 0.1) is 5.92 Å². The number of hydrogen-bond acceptors (Lipinski definition) is 11. The summed E-state index contributed by atoms with van der Waals surface area (Å²) in [6.45, 7) is 15.1. The molecule has 236 valence electrons. The lowest BCUT2D eigenvalue weighted by molar-refractivity contribution is -0.157. The summed E-state index contributed by atoms with van der Waals surface area (Å²) in [4.78, 5) is 66.7. The number of anilines is 2. The van der Waals surface area contributed by atoms with Crippen molar-refractivity contribution < 1.29 is 47.7 Å². The number of thioether (sulfide) groups is 1. The first-order chi connectivity index (χ1) is 21.1. The molecule has 4 atom stereocenters. The number of hydrogen-bond donors (Lipinski definition) is 1. The normalized spacial score (nSPS) is 20.5. The average Bonchev–Trinajstić information content (AvgIpc) is 3.34. The van der Waals surface area contributed by atoms with Crippen LogP contribution in [0.15, 0.2) is 74.9 Å². The Bertz CT molecular complexity index is 1290. The van der Waals surface area contributed by atoms with Crippen LogP contribution in [0.5, 0.6) is 0 Å². The van der Waals surface area contributed by atoms with E-state index in [0.29, 0.717) is 11.4 Å². The number of amides is 3. The van der Waals surface area contributed by atoms with E-state index in [1.54, 1.807) is 31.2 Å². The molecule has 0 bridgehead atoms. The molecular weight excluding hydrogens is 594 g/mol. The molecule has 0 spiro atoms. The van der Waals surface area contributed by atoms with E-state index in [4.69, 9.17) is 23.7 Å². The molecule has 2 saturated heterocycles. The highest BCUT2D eigenvalue weighted by Gasteiger charge is 2.64. The zero-order chi connectivity index (χ0) is 32.3. The Morgan fingerprint density at radius 3 is 2.20 bits per heavy atom. The van der Waals surface area contributed by atoms with Crippen molar-refractivity contribution in [1.82, 2.24) is 4.90 Å². The van der Waals surface area contributed by atoms with E-state index < -0.39 is 46.5 Å². The zero-order valence-electron chi connectivity index (χ0n) is 24.3. The van der Waals surface area contributed by atoms with Crippen molar-refractivity contribution in [3.05, 3.63) is 74.9 Å². The minimum Gasteiger partial charge on any atom is -0.460 e. The molecule has 1 N–H and O–H groups in total. The summed E-state index contributed by atoms with van der Waals surface area (Å²) in [5.41, 5.74) is 0.718. The summed E-state index contributed by atoms with van der Waals surface area (Å²) >= 11 is 1.13. The number of benzene rings is 1. The minimum absolute atomic E-state index is 0.0280. The Balaban J connectivity index is 1.88. The molecule has 3 rings (SSSR count). The molecule has 44 heavy (non-hydrogen) atoms. The summed E-state index contributed by atoms with van der Waals surface area (Å²) in [5.74, 6) is -1.77. The van der Waals surface area contributed by atoms with E-state index in [-0.39, 0.29) is 45.4 Å². The highest BCUT2D eigenvalue weighted by Crippen LogP contribution is 2.52. The first-order valence-electron chi connectivity index (χ1n) is 13.5. The number of nitrogens with zero attached hydrogens (tertiary/aromatic N) is 2. The standard InChI is InChI=1S/C30H35N3O10S/c1-6-14-39-26(35)30(19-33-24(34)23(25(33)44-30)20(5)43-29(38)42-17-9-4)18-32(28(37)41-16-8-3)22-12-10-21(11-13-22)31-27(36)40-15-7-2/h6-13,20,23,25H,1-4,14-19H2,5H3,(H,31,36)/t20-,23+,25-,30?/m1/s1. The lowest BCUT2D eigenvalue weighted by Gasteiger charge is -2.43. The molecule has 0 aliphatic carbocycles. The Morgan fingerprint density at radius 2 is 1.57 bits per heavy atom. The lowest BCUT2D eigenvalue weighted by atomic mass is 9.91. The number of ether oxygens (including phenoxy) is 5. The molecule has 3 amide bonds. The molecule has 2 heterocycles. The topological polar surface area (TPSA) is 150 Å². The van der Waals surface area contributed by atoms with Crippen molar-refractivity contribution in [2.75, 3.05) is 49.7 Å². The first-order valence-corrected chi connectivity index (χ1v) is 14.4. The highest BCUT2D eigenvalue weighted by atomic mass is 32.2. The van der Waals surface area contributed by atoms with E-state index in [1.165, 1.54) is 34.1 Å². The fourth-order valence-corrected chi connectivity index (χ4v) is 6.31. The molecule has 14 heteroatoms. The van der Waals surface area contributed by atoms with Gasteiger partial charge in [0.1, 0.15) is 38.4 Å².